The Morgan fingerprint density at radius 3 is 2.15 bits per heavy atom. The van der Waals surface area contributed by atoms with Crippen LogP contribution in [-0.4, -0.2) is 37.1 Å². The van der Waals surface area contributed by atoms with E-state index < -0.39 is 0 Å². The molecule has 0 aromatic rings. The zero-order valence-corrected chi connectivity index (χ0v) is 14.1. The second-order valence-electron chi connectivity index (χ2n) is 6.57. The topological polar surface area (TPSA) is 15.3 Å². The number of rotatable bonds is 13. The van der Waals surface area contributed by atoms with Crippen LogP contribution in [0.5, 0.6) is 0 Å². The predicted molar refractivity (Wildman–Crippen MR) is 90.4 cm³/mol. The molecule has 0 aliphatic carbocycles. The summed E-state index contributed by atoms with van der Waals surface area (Å²) in [5.41, 5.74) is 0. The molecule has 1 saturated heterocycles. The maximum absolute atomic E-state index is 3.65. The van der Waals surface area contributed by atoms with Crippen molar-refractivity contribution in [3.63, 3.8) is 0 Å². The standard InChI is InChI=1S/C18H38N2/c1-3-5-7-8-9-10-11-16-20(15-6-4-2)17-18-13-12-14-19-18/h18-19H,3-17H2,1-2H3. The molecule has 1 aliphatic rings. The van der Waals surface area contributed by atoms with Gasteiger partial charge in [0.25, 0.3) is 0 Å². The van der Waals surface area contributed by atoms with Gasteiger partial charge in [0.05, 0.1) is 0 Å². The molecular formula is C18H38N2. The Hall–Kier alpha value is -0.0800. The van der Waals surface area contributed by atoms with Crippen molar-refractivity contribution < 1.29 is 0 Å². The molecule has 1 N–H and O–H groups in total. The third-order valence-electron chi connectivity index (χ3n) is 4.55. The first-order valence-corrected chi connectivity index (χ1v) is 9.32. The number of hydrogen-bond donors (Lipinski definition) is 1. The minimum absolute atomic E-state index is 0.774. The van der Waals surface area contributed by atoms with E-state index in [1.165, 1.54) is 96.8 Å². The summed E-state index contributed by atoms with van der Waals surface area (Å²) < 4.78 is 0. The SMILES string of the molecule is CCCCCCCCCN(CCCC)CC1CCCN1. The molecule has 1 fully saturated rings. The molecule has 0 saturated carbocycles. The molecule has 0 amide bonds. The molecule has 2 nitrogen and oxygen atoms in total. The summed E-state index contributed by atoms with van der Waals surface area (Å²) in [6.07, 6.45) is 15.4. The summed E-state index contributed by atoms with van der Waals surface area (Å²) in [6, 6.07) is 0.774. The van der Waals surface area contributed by atoms with Crippen LogP contribution in [0.2, 0.25) is 0 Å². The molecule has 120 valence electrons. The number of nitrogens with zero attached hydrogens (tertiary/aromatic N) is 1. The Labute approximate surface area is 127 Å². The van der Waals surface area contributed by atoms with Gasteiger partial charge in [-0.25, -0.2) is 0 Å². The van der Waals surface area contributed by atoms with Crippen molar-refractivity contribution in [2.75, 3.05) is 26.2 Å². The third-order valence-corrected chi connectivity index (χ3v) is 4.55. The highest BCUT2D eigenvalue weighted by molar-refractivity contribution is 4.77. The van der Waals surface area contributed by atoms with Gasteiger partial charge in [-0.15, -0.1) is 0 Å². The molecule has 20 heavy (non-hydrogen) atoms. The van der Waals surface area contributed by atoms with Gasteiger partial charge in [-0.3, -0.25) is 0 Å². The Morgan fingerprint density at radius 1 is 0.850 bits per heavy atom. The van der Waals surface area contributed by atoms with Crippen LogP contribution in [0.15, 0.2) is 0 Å². The Morgan fingerprint density at radius 2 is 1.50 bits per heavy atom. The number of nitrogens with one attached hydrogen (secondary N) is 1. The van der Waals surface area contributed by atoms with Crippen LogP contribution < -0.4 is 5.32 Å². The highest BCUT2D eigenvalue weighted by Crippen LogP contribution is 2.11. The summed E-state index contributed by atoms with van der Waals surface area (Å²) in [4.78, 5) is 2.72. The fraction of sp³-hybridized carbons (Fsp3) is 1.00. The molecule has 1 atom stereocenters. The van der Waals surface area contributed by atoms with E-state index in [0.29, 0.717) is 0 Å². The quantitative estimate of drug-likeness (QED) is 0.497. The van der Waals surface area contributed by atoms with Crippen molar-refractivity contribution in [3.05, 3.63) is 0 Å². The van der Waals surface area contributed by atoms with Crippen LogP contribution in [0, 0.1) is 0 Å². The fourth-order valence-corrected chi connectivity index (χ4v) is 3.19. The monoisotopic (exact) mass is 282 g/mol. The first kappa shape index (κ1) is 18.0. The molecule has 0 spiro atoms. The van der Waals surface area contributed by atoms with Crippen LogP contribution in [0.1, 0.15) is 84.5 Å². The van der Waals surface area contributed by atoms with Gasteiger partial charge < -0.3 is 10.2 Å². The molecule has 0 radical (unpaired) electrons. The van der Waals surface area contributed by atoms with Gasteiger partial charge in [0.15, 0.2) is 0 Å². The van der Waals surface area contributed by atoms with E-state index in [0.717, 1.165) is 6.04 Å². The van der Waals surface area contributed by atoms with E-state index in [2.05, 4.69) is 24.1 Å². The first-order valence-electron chi connectivity index (χ1n) is 9.32. The summed E-state index contributed by atoms with van der Waals surface area (Å²) in [6.45, 7) is 9.76. The lowest BCUT2D eigenvalue weighted by Crippen LogP contribution is -2.38. The smallest absolute Gasteiger partial charge is 0.0195 e. The van der Waals surface area contributed by atoms with Gasteiger partial charge >= 0.3 is 0 Å². The lowest BCUT2D eigenvalue weighted by atomic mass is 10.1. The zero-order chi connectivity index (χ0) is 14.5. The Balaban J connectivity index is 2.06. The van der Waals surface area contributed by atoms with E-state index in [9.17, 15) is 0 Å². The summed E-state index contributed by atoms with van der Waals surface area (Å²) in [5, 5.41) is 3.65. The minimum Gasteiger partial charge on any atom is -0.313 e. The van der Waals surface area contributed by atoms with Gasteiger partial charge in [-0.2, -0.15) is 0 Å². The van der Waals surface area contributed by atoms with E-state index in [4.69, 9.17) is 0 Å². The third kappa shape index (κ3) is 8.97. The van der Waals surface area contributed by atoms with Gasteiger partial charge in [-0.1, -0.05) is 58.8 Å². The molecule has 0 bridgehead atoms. The summed E-state index contributed by atoms with van der Waals surface area (Å²) >= 11 is 0. The zero-order valence-electron chi connectivity index (χ0n) is 14.1. The van der Waals surface area contributed by atoms with E-state index in [-0.39, 0.29) is 0 Å². The minimum atomic E-state index is 0.774. The second-order valence-corrected chi connectivity index (χ2v) is 6.57. The van der Waals surface area contributed by atoms with Crippen LogP contribution in [0.3, 0.4) is 0 Å². The summed E-state index contributed by atoms with van der Waals surface area (Å²) in [7, 11) is 0. The van der Waals surface area contributed by atoms with Crippen molar-refractivity contribution in [3.8, 4) is 0 Å². The van der Waals surface area contributed by atoms with Crippen molar-refractivity contribution in [2.24, 2.45) is 0 Å². The van der Waals surface area contributed by atoms with Crippen LogP contribution >= 0.6 is 0 Å². The average Bonchev–Trinajstić information content (AvgIpc) is 2.96. The highest BCUT2D eigenvalue weighted by atomic mass is 15.1. The van der Waals surface area contributed by atoms with Gasteiger partial charge in [-0.05, 0) is 45.3 Å². The molecule has 1 aliphatic heterocycles. The van der Waals surface area contributed by atoms with E-state index in [1.54, 1.807) is 0 Å². The van der Waals surface area contributed by atoms with Crippen molar-refractivity contribution >= 4 is 0 Å². The van der Waals surface area contributed by atoms with Crippen LogP contribution in [0.4, 0.5) is 0 Å². The maximum Gasteiger partial charge on any atom is 0.0195 e. The maximum atomic E-state index is 3.65. The highest BCUT2D eigenvalue weighted by Gasteiger charge is 2.17. The van der Waals surface area contributed by atoms with Gasteiger partial charge in [0.1, 0.15) is 0 Å². The molecule has 2 heteroatoms. The molecule has 0 aromatic heterocycles. The molecular weight excluding hydrogens is 244 g/mol. The Bertz CT molecular complexity index is 200. The lowest BCUT2D eigenvalue weighted by molar-refractivity contribution is 0.240. The van der Waals surface area contributed by atoms with Crippen LogP contribution in [0.25, 0.3) is 0 Å². The molecule has 1 rings (SSSR count). The van der Waals surface area contributed by atoms with Crippen LogP contribution in [-0.2, 0) is 0 Å². The van der Waals surface area contributed by atoms with E-state index in [1.807, 2.05) is 0 Å². The number of unbranched alkanes of at least 4 members (excludes halogenated alkanes) is 7. The largest absolute Gasteiger partial charge is 0.313 e. The lowest BCUT2D eigenvalue weighted by Gasteiger charge is -2.25. The average molecular weight is 283 g/mol. The van der Waals surface area contributed by atoms with Crippen molar-refractivity contribution in [1.29, 1.82) is 0 Å². The predicted octanol–water partition coefficient (Wildman–Crippen LogP) is 4.59. The molecule has 1 unspecified atom stereocenters. The van der Waals surface area contributed by atoms with Crippen molar-refractivity contribution in [2.45, 2.75) is 90.5 Å². The van der Waals surface area contributed by atoms with Gasteiger partial charge in [0, 0.05) is 12.6 Å². The Kier molecular flexibility index (Phi) is 11.4. The summed E-state index contributed by atoms with van der Waals surface area (Å²) in [5.74, 6) is 0. The first-order chi connectivity index (χ1) is 9.86. The molecule has 0 aromatic carbocycles. The van der Waals surface area contributed by atoms with Gasteiger partial charge in [0.2, 0.25) is 0 Å². The molecule has 1 heterocycles. The van der Waals surface area contributed by atoms with Crippen molar-refractivity contribution in [1.82, 2.24) is 10.2 Å². The normalized spacial score (nSPS) is 19.1. The second kappa shape index (κ2) is 12.6. The fourth-order valence-electron chi connectivity index (χ4n) is 3.19. The number of hydrogen-bond acceptors (Lipinski definition) is 2. The van der Waals surface area contributed by atoms with E-state index >= 15 is 0 Å².